The average molecular weight is 309 g/mol. The maximum atomic E-state index is 6.20. The standard InChI is InChI=1S/C13H32O4Si2/c1-9-10-18(14-8)19(15-11(2)3,16-12(4)5)17-13(6)7/h11-13,18H,9-10H2,1-8H3. The van der Waals surface area contributed by atoms with Crippen LogP contribution in [0.4, 0.5) is 0 Å². The van der Waals surface area contributed by atoms with Gasteiger partial charge in [-0.1, -0.05) is 13.3 Å². The Balaban J connectivity index is 5.28. The van der Waals surface area contributed by atoms with Crippen molar-refractivity contribution in [3.05, 3.63) is 0 Å². The summed E-state index contributed by atoms with van der Waals surface area (Å²) in [4.78, 5) is 0. The summed E-state index contributed by atoms with van der Waals surface area (Å²) in [6.45, 7) is 14.3. The maximum Gasteiger partial charge on any atom is 0.500 e. The Morgan fingerprint density at radius 2 is 1.21 bits per heavy atom. The molecule has 0 aromatic heterocycles. The first-order valence-corrected chi connectivity index (χ1v) is 12.2. The third-order valence-corrected chi connectivity index (χ3v) is 12.5. The smallest absolute Gasteiger partial charge is 0.418 e. The van der Waals surface area contributed by atoms with E-state index in [0.29, 0.717) is 0 Å². The quantitative estimate of drug-likeness (QED) is 0.581. The van der Waals surface area contributed by atoms with Crippen molar-refractivity contribution in [2.24, 2.45) is 0 Å². The van der Waals surface area contributed by atoms with Gasteiger partial charge in [0.2, 0.25) is 0 Å². The van der Waals surface area contributed by atoms with E-state index in [1.165, 1.54) is 0 Å². The second-order valence-electron chi connectivity index (χ2n) is 5.62. The Labute approximate surface area is 121 Å². The zero-order chi connectivity index (χ0) is 15.1. The summed E-state index contributed by atoms with van der Waals surface area (Å²) >= 11 is 0. The van der Waals surface area contributed by atoms with Gasteiger partial charge >= 0.3 is 8.32 Å². The molecule has 0 N–H and O–H groups in total. The first-order chi connectivity index (χ1) is 8.77. The molecule has 6 heteroatoms. The van der Waals surface area contributed by atoms with Crippen LogP contribution in [0.15, 0.2) is 0 Å². The summed E-state index contributed by atoms with van der Waals surface area (Å²) in [6.07, 6.45) is 1.34. The van der Waals surface area contributed by atoms with Crippen LogP contribution < -0.4 is 0 Å². The lowest BCUT2D eigenvalue weighted by Gasteiger charge is -2.38. The summed E-state index contributed by atoms with van der Waals surface area (Å²) in [5.41, 5.74) is 0. The minimum absolute atomic E-state index is 0.0890. The van der Waals surface area contributed by atoms with Gasteiger partial charge in [-0.3, -0.25) is 0 Å². The minimum Gasteiger partial charge on any atom is -0.418 e. The fourth-order valence-corrected chi connectivity index (χ4v) is 12.6. The molecule has 0 aliphatic rings. The highest BCUT2D eigenvalue weighted by Gasteiger charge is 2.53. The van der Waals surface area contributed by atoms with Gasteiger partial charge in [-0.15, -0.1) is 0 Å². The predicted molar refractivity (Wildman–Crippen MR) is 83.7 cm³/mol. The van der Waals surface area contributed by atoms with Gasteiger partial charge in [0.15, 0.2) is 0 Å². The molecule has 0 aromatic rings. The first-order valence-electron chi connectivity index (χ1n) is 7.33. The van der Waals surface area contributed by atoms with Gasteiger partial charge in [-0.05, 0) is 47.6 Å². The third kappa shape index (κ3) is 7.01. The third-order valence-electron chi connectivity index (χ3n) is 2.43. The van der Waals surface area contributed by atoms with E-state index < -0.39 is 16.9 Å². The van der Waals surface area contributed by atoms with E-state index in [1.54, 1.807) is 7.11 Å². The summed E-state index contributed by atoms with van der Waals surface area (Å²) in [5.74, 6) is 0. The molecule has 0 saturated heterocycles. The van der Waals surface area contributed by atoms with Crippen LogP contribution in [0.1, 0.15) is 54.9 Å². The van der Waals surface area contributed by atoms with E-state index in [0.717, 1.165) is 12.5 Å². The fourth-order valence-electron chi connectivity index (χ4n) is 2.00. The minimum atomic E-state index is -2.72. The Morgan fingerprint density at radius 3 is 1.42 bits per heavy atom. The topological polar surface area (TPSA) is 36.9 Å². The molecular weight excluding hydrogens is 276 g/mol. The molecule has 0 amide bonds. The highest BCUT2D eigenvalue weighted by Crippen LogP contribution is 2.23. The Bertz CT molecular complexity index is 208. The van der Waals surface area contributed by atoms with Gasteiger partial charge in [0, 0.05) is 25.4 Å². The summed E-state index contributed by atoms with van der Waals surface area (Å²) in [5, 5.41) is 0. The van der Waals surface area contributed by atoms with Gasteiger partial charge in [-0.25, -0.2) is 0 Å². The van der Waals surface area contributed by atoms with Crippen LogP contribution in [0.5, 0.6) is 0 Å². The Kier molecular flexibility index (Phi) is 9.39. The van der Waals surface area contributed by atoms with E-state index in [4.69, 9.17) is 17.7 Å². The Hall–Kier alpha value is 0.274. The van der Waals surface area contributed by atoms with Crippen LogP contribution in [-0.4, -0.2) is 42.3 Å². The monoisotopic (exact) mass is 308 g/mol. The molecule has 0 heterocycles. The van der Waals surface area contributed by atoms with E-state index in [2.05, 4.69) is 6.92 Å². The van der Waals surface area contributed by atoms with E-state index in [9.17, 15) is 0 Å². The molecule has 0 spiro atoms. The molecule has 0 saturated carbocycles. The van der Waals surface area contributed by atoms with Crippen LogP contribution in [0, 0.1) is 0 Å². The first kappa shape index (κ1) is 19.3. The zero-order valence-corrected chi connectivity index (χ0v) is 16.0. The molecule has 4 nitrogen and oxygen atoms in total. The largest absolute Gasteiger partial charge is 0.500 e. The van der Waals surface area contributed by atoms with Crippen molar-refractivity contribution in [3.8, 4) is 0 Å². The van der Waals surface area contributed by atoms with E-state index in [1.807, 2.05) is 41.5 Å². The van der Waals surface area contributed by atoms with Crippen molar-refractivity contribution < 1.29 is 17.7 Å². The average Bonchev–Trinajstić information content (AvgIpc) is 2.22. The molecule has 1 atom stereocenters. The second-order valence-corrected chi connectivity index (χ2v) is 13.6. The molecule has 0 fully saturated rings. The second kappa shape index (κ2) is 9.25. The van der Waals surface area contributed by atoms with Crippen molar-refractivity contribution in [1.29, 1.82) is 0 Å². The number of rotatable bonds is 10. The summed E-state index contributed by atoms with van der Waals surface area (Å²) in [7, 11) is -2.61. The van der Waals surface area contributed by atoms with Gasteiger partial charge in [0.1, 0.15) is 0 Å². The molecular formula is C13H32O4Si2. The lowest BCUT2D eigenvalue weighted by molar-refractivity contribution is 0.0165. The van der Waals surface area contributed by atoms with Crippen LogP contribution in [0.25, 0.3) is 0 Å². The fraction of sp³-hybridized carbons (Fsp3) is 1.00. The molecule has 0 rings (SSSR count). The number of hydrogen-bond acceptors (Lipinski definition) is 4. The van der Waals surface area contributed by atoms with Crippen molar-refractivity contribution in [1.82, 2.24) is 0 Å². The van der Waals surface area contributed by atoms with Crippen molar-refractivity contribution in [3.63, 3.8) is 0 Å². The molecule has 116 valence electrons. The van der Waals surface area contributed by atoms with E-state index in [-0.39, 0.29) is 18.3 Å². The molecule has 1 unspecified atom stereocenters. The van der Waals surface area contributed by atoms with Crippen LogP contribution in [0.3, 0.4) is 0 Å². The number of hydrogen-bond donors (Lipinski definition) is 0. The predicted octanol–water partition coefficient (Wildman–Crippen LogP) is 3.06. The molecule has 0 aliphatic heterocycles. The van der Waals surface area contributed by atoms with Crippen molar-refractivity contribution in [2.45, 2.75) is 79.2 Å². The molecule has 0 aromatic carbocycles. The molecule has 0 bridgehead atoms. The zero-order valence-electron chi connectivity index (χ0n) is 13.9. The normalized spacial score (nSPS) is 14.7. The van der Waals surface area contributed by atoms with Gasteiger partial charge < -0.3 is 17.7 Å². The molecule has 0 aliphatic carbocycles. The SMILES string of the molecule is CCC[SiH](OC)[Si](OC(C)C)(OC(C)C)OC(C)C. The van der Waals surface area contributed by atoms with Crippen LogP contribution in [0.2, 0.25) is 6.04 Å². The highest BCUT2D eigenvalue weighted by molar-refractivity contribution is 7.21. The maximum absolute atomic E-state index is 6.20. The lowest BCUT2D eigenvalue weighted by Crippen LogP contribution is -2.63. The highest BCUT2D eigenvalue weighted by atomic mass is 29.3. The summed E-state index contributed by atoms with van der Waals surface area (Å²) < 4.78 is 24.4. The van der Waals surface area contributed by atoms with Gasteiger partial charge in [0.25, 0.3) is 8.56 Å². The van der Waals surface area contributed by atoms with E-state index >= 15 is 0 Å². The van der Waals surface area contributed by atoms with Gasteiger partial charge in [-0.2, -0.15) is 0 Å². The molecule has 0 radical (unpaired) electrons. The molecule has 19 heavy (non-hydrogen) atoms. The van der Waals surface area contributed by atoms with Crippen LogP contribution >= 0.6 is 0 Å². The van der Waals surface area contributed by atoms with Crippen LogP contribution in [-0.2, 0) is 17.7 Å². The summed E-state index contributed by atoms with van der Waals surface area (Å²) in [6, 6.07) is 1.02. The Morgan fingerprint density at radius 1 is 0.842 bits per heavy atom. The van der Waals surface area contributed by atoms with Crippen molar-refractivity contribution >= 4 is 16.9 Å². The van der Waals surface area contributed by atoms with Crippen molar-refractivity contribution in [2.75, 3.05) is 7.11 Å². The lowest BCUT2D eigenvalue weighted by atomic mass is 10.5. The van der Waals surface area contributed by atoms with Gasteiger partial charge in [0.05, 0.1) is 0 Å².